The van der Waals surface area contributed by atoms with Crippen LogP contribution in [0.4, 0.5) is 0 Å². The van der Waals surface area contributed by atoms with Crippen molar-refractivity contribution >= 4 is 5.91 Å². The summed E-state index contributed by atoms with van der Waals surface area (Å²) in [4.78, 5) is 12.3. The highest BCUT2D eigenvalue weighted by Gasteiger charge is 2.17. The largest absolute Gasteiger partial charge is 0.394 e. The molecule has 0 saturated carbocycles. The summed E-state index contributed by atoms with van der Waals surface area (Å²) >= 11 is 0. The number of hydrogen-bond acceptors (Lipinski definition) is 3. The van der Waals surface area contributed by atoms with E-state index in [-0.39, 0.29) is 12.5 Å². The highest BCUT2D eigenvalue weighted by atomic mass is 16.3. The number of aliphatic hydroxyl groups is 2. The Kier molecular flexibility index (Phi) is 31.5. The van der Waals surface area contributed by atoms with Gasteiger partial charge in [0.25, 0.3) is 0 Å². The normalized spacial score (nSPS) is 13.4. The van der Waals surface area contributed by atoms with Crippen LogP contribution >= 0.6 is 0 Å². The Labute approximate surface area is 249 Å². The second-order valence-corrected chi connectivity index (χ2v) is 11.9. The molecule has 1 amide bonds. The summed E-state index contributed by atoms with van der Waals surface area (Å²) in [5.74, 6) is -0.0675. The van der Waals surface area contributed by atoms with Gasteiger partial charge in [0.15, 0.2) is 0 Å². The van der Waals surface area contributed by atoms with E-state index in [0.717, 1.165) is 25.7 Å². The lowest BCUT2D eigenvalue weighted by atomic mass is 10.0. The van der Waals surface area contributed by atoms with Crippen molar-refractivity contribution in [3.8, 4) is 0 Å². The highest BCUT2D eigenvalue weighted by Crippen LogP contribution is 2.14. The van der Waals surface area contributed by atoms with E-state index in [2.05, 4.69) is 31.3 Å². The van der Waals surface area contributed by atoms with E-state index in [1.807, 2.05) is 6.08 Å². The molecule has 0 aliphatic carbocycles. The summed E-state index contributed by atoms with van der Waals surface area (Å²) in [6, 6.07) is -0.619. The predicted molar refractivity (Wildman–Crippen MR) is 175 cm³/mol. The standard InChI is InChI=1S/C36H69NO3/c1-3-5-7-9-11-13-15-17-18-20-22-24-26-28-30-32-36(40)37-34(33-38)35(39)31-29-27-25-23-21-19-16-14-12-10-8-6-4-2/h8,10,29,31,34-35,38-39H,3-7,9,11-28,30,32-33H2,1-2H3,(H,37,40)/b10-8+,31-29+/t34-,35+/m0/s1. The van der Waals surface area contributed by atoms with Crippen LogP contribution in [0, 0.1) is 0 Å². The summed E-state index contributed by atoms with van der Waals surface area (Å²) in [6.07, 6.45) is 39.7. The molecule has 2 atom stereocenters. The van der Waals surface area contributed by atoms with Crippen molar-refractivity contribution in [3.63, 3.8) is 0 Å². The average molecular weight is 564 g/mol. The van der Waals surface area contributed by atoms with Crippen molar-refractivity contribution in [2.45, 2.75) is 193 Å². The van der Waals surface area contributed by atoms with Crippen molar-refractivity contribution in [1.29, 1.82) is 0 Å². The Morgan fingerprint density at radius 3 is 1.48 bits per heavy atom. The van der Waals surface area contributed by atoms with Gasteiger partial charge in [-0.05, 0) is 38.5 Å². The van der Waals surface area contributed by atoms with Gasteiger partial charge in [0.05, 0.1) is 18.8 Å². The molecule has 0 aliphatic rings. The molecule has 0 radical (unpaired) electrons. The molecule has 0 aromatic rings. The van der Waals surface area contributed by atoms with Gasteiger partial charge in [-0.3, -0.25) is 4.79 Å². The molecule has 4 nitrogen and oxygen atoms in total. The lowest BCUT2D eigenvalue weighted by Crippen LogP contribution is -2.45. The number of unbranched alkanes of at least 4 members (excludes halogenated alkanes) is 22. The van der Waals surface area contributed by atoms with E-state index in [4.69, 9.17) is 0 Å². The fraction of sp³-hybridized carbons (Fsp3) is 0.861. The van der Waals surface area contributed by atoms with E-state index >= 15 is 0 Å². The zero-order chi connectivity index (χ0) is 29.4. The van der Waals surface area contributed by atoms with Crippen LogP contribution in [0.25, 0.3) is 0 Å². The monoisotopic (exact) mass is 564 g/mol. The third-order valence-electron chi connectivity index (χ3n) is 7.91. The van der Waals surface area contributed by atoms with Crippen LogP contribution in [0.1, 0.15) is 181 Å². The molecule has 3 N–H and O–H groups in total. The Morgan fingerprint density at radius 1 is 0.575 bits per heavy atom. The lowest BCUT2D eigenvalue weighted by molar-refractivity contribution is -0.123. The van der Waals surface area contributed by atoms with Crippen LogP contribution in [-0.4, -0.2) is 34.9 Å². The van der Waals surface area contributed by atoms with Gasteiger partial charge in [-0.15, -0.1) is 0 Å². The van der Waals surface area contributed by atoms with Crippen LogP contribution in [0.5, 0.6) is 0 Å². The van der Waals surface area contributed by atoms with Gasteiger partial charge in [0.2, 0.25) is 5.91 Å². The maximum Gasteiger partial charge on any atom is 0.220 e. The summed E-state index contributed by atoms with van der Waals surface area (Å²) < 4.78 is 0. The van der Waals surface area contributed by atoms with Gasteiger partial charge in [0.1, 0.15) is 0 Å². The van der Waals surface area contributed by atoms with Crippen LogP contribution in [-0.2, 0) is 4.79 Å². The topological polar surface area (TPSA) is 69.6 Å². The molecule has 0 unspecified atom stereocenters. The first-order valence-electron chi connectivity index (χ1n) is 17.6. The molecule has 0 bridgehead atoms. The van der Waals surface area contributed by atoms with Crippen molar-refractivity contribution in [1.82, 2.24) is 5.32 Å². The van der Waals surface area contributed by atoms with Crippen molar-refractivity contribution in [3.05, 3.63) is 24.3 Å². The SMILES string of the molecule is CCC/C=C/CCCCCCCC/C=C/[C@@H](O)[C@H](CO)NC(=O)CCCCCCCCCCCCCCCCC. The molecule has 0 fully saturated rings. The molecule has 0 heterocycles. The minimum absolute atomic E-state index is 0.0675. The first-order valence-corrected chi connectivity index (χ1v) is 17.6. The summed E-state index contributed by atoms with van der Waals surface area (Å²) in [6.45, 7) is 4.24. The number of nitrogens with one attached hydrogen (secondary N) is 1. The molecule has 0 saturated heterocycles. The maximum absolute atomic E-state index is 12.3. The Morgan fingerprint density at radius 2 is 1.00 bits per heavy atom. The van der Waals surface area contributed by atoms with Gasteiger partial charge in [-0.2, -0.15) is 0 Å². The van der Waals surface area contributed by atoms with Gasteiger partial charge in [-0.1, -0.05) is 160 Å². The lowest BCUT2D eigenvalue weighted by Gasteiger charge is -2.20. The number of hydrogen-bond donors (Lipinski definition) is 3. The van der Waals surface area contributed by atoms with Crippen molar-refractivity contribution in [2.75, 3.05) is 6.61 Å². The first-order chi connectivity index (χ1) is 19.7. The van der Waals surface area contributed by atoms with Crippen LogP contribution in [0.2, 0.25) is 0 Å². The van der Waals surface area contributed by atoms with Crippen molar-refractivity contribution < 1.29 is 15.0 Å². The van der Waals surface area contributed by atoms with E-state index < -0.39 is 12.1 Å². The van der Waals surface area contributed by atoms with E-state index in [9.17, 15) is 15.0 Å². The Balaban J connectivity index is 3.62. The molecule has 4 heteroatoms. The fourth-order valence-corrected chi connectivity index (χ4v) is 5.18. The van der Waals surface area contributed by atoms with Gasteiger partial charge in [-0.25, -0.2) is 0 Å². The first kappa shape index (κ1) is 38.9. The number of amides is 1. The Bertz CT molecular complexity index is 574. The Hall–Kier alpha value is -1.13. The molecule has 0 spiro atoms. The summed E-state index contributed by atoms with van der Waals surface area (Å²) in [5.41, 5.74) is 0. The number of rotatable bonds is 31. The van der Waals surface area contributed by atoms with E-state index in [1.165, 1.54) is 135 Å². The summed E-state index contributed by atoms with van der Waals surface area (Å²) in [7, 11) is 0. The second-order valence-electron chi connectivity index (χ2n) is 11.9. The predicted octanol–water partition coefficient (Wildman–Crippen LogP) is 10.1. The fourth-order valence-electron chi connectivity index (χ4n) is 5.18. The molecular weight excluding hydrogens is 494 g/mol. The highest BCUT2D eigenvalue weighted by molar-refractivity contribution is 5.76. The number of aliphatic hydroxyl groups excluding tert-OH is 2. The minimum atomic E-state index is -0.837. The zero-order valence-corrected chi connectivity index (χ0v) is 26.9. The molecular formula is C36H69NO3. The van der Waals surface area contributed by atoms with Gasteiger partial charge in [0, 0.05) is 6.42 Å². The zero-order valence-electron chi connectivity index (χ0n) is 26.9. The molecule has 236 valence electrons. The number of carbonyl (C=O) groups excluding carboxylic acids is 1. The van der Waals surface area contributed by atoms with Crippen LogP contribution in [0.15, 0.2) is 24.3 Å². The smallest absolute Gasteiger partial charge is 0.220 e. The quantitative estimate of drug-likeness (QED) is 0.0580. The second kappa shape index (κ2) is 32.4. The summed E-state index contributed by atoms with van der Waals surface area (Å²) in [5, 5.41) is 22.8. The van der Waals surface area contributed by atoms with E-state index in [1.54, 1.807) is 6.08 Å². The average Bonchev–Trinajstić information content (AvgIpc) is 2.96. The molecule has 0 rings (SSSR count). The molecule has 0 aromatic carbocycles. The number of carbonyl (C=O) groups is 1. The van der Waals surface area contributed by atoms with Crippen LogP contribution in [0.3, 0.4) is 0 Å². The minimum Gasteiger partial charge on any atom is -0.394 e. The third-order valence-corrected chi connectivity index (χ3v) is 7.91. The van der Waals surface area contributed by atoms with Gasteiger partial charge >= 0.3 is 0 Å². The third kappa shape index (κ3) is 28.4. The van der Waals surface area contributed by atoms with Gasteiger partial charge < -0.3 is 15.5 Å². The van der Waals surface area contributed by atoms with Crippen LogP contribution < -0.4 is 5.32 Å². The molecule has 0 aromatic heterocycles. The molecule has 40 heavy (non-hydrogen) atoms. The maximum atomic E-state index is 12.3. The molecule has 0 aliphatic heterocycles. The van der Waals surface area contributed by atoms with E-state index in [0.29, 0.717) is 6.42 Å². The van der Waals surface area contributed by atoms with Crippen molar-refractivity contribution in [2.24, 2.45) is 0 Å². The number of allylic oxidation sites excluding steroid dienone is 3.